The van der Waals surface area contributed by atoms with E-state index >= 15 is 0 Å². The summed E-state index contributed by atoms with van der Waals surface area (Å²) in [5.41, 5.74) is 10.5. The molecule has 0 N–H and O–H groups in total. The van der Waals surface area contributed by atoms with Crippen LogP contribution in [0.15, 0.2) is 146 Å². The van der Waals surface area contributed by atoms with E-state index in [1.807, 2.05) is 0 Å². The highest BCUT2D eigenvalue weighted by Gasteiger charge is 2.38. The molecule has 0 aromatic heterocycles. The lowest BCUT2D eigenvalue weighted by atomic mass is 9.79. The molecule has 0 saturated carbocycles. The first-order valence-corrected chi connectivity index (χ1v) is 15.9. The second-order valence-corrected chi connectivity index (χ2v) is 13.4. The van der Waals surface area contributed by atoms with Crippen molar-refractivity contribution in [2.24, 2.45) is 0 Å². The number of hydrogen-bond donors (Lipinski definition) is 0. The summed E-state index contributed by atoms with van der Waals surface area (Å²) in [6.07, 6.45) is 0. The fourth-order valence-corrected chi connectivity index (χ4v) is 8.29. The maximum atomic E-state index is 2.49. The van der Waals surface area contributed by atoms with Gasteiger partial charge in [0.15, 0.2) is 0 Å². The largest absolute Gasteiger partial charge is 0.0616 e. The highest BCUT2D eigenvalue weighted by atomic mass is 14.4. The van der Waals surface area contributed by atoms with Crippen LogP contribution in [0.25, 0.3) is 87.2 Å². The lowest BCUT2D eigenvalue weighted by molar-refractivity contribution is 0.661. The Balaban J connectivity index is 1.31. The van der Waals surface area contributed by atoms with Gasteiger partial charge in [0.05, 0.1) is 0 Å². The van der Waals surface area contributed by atoms with Gasteiger partial charge in [-0.2, -0.15) is 0 Å². The average Bonchev–Trinajstić information content (AvgIpc) is 3.30. The zero-order chi connectivity index (χ0) is 29.9. The number of hydrogen-bond acceptors (Lipinski definition) is 0. The molecule has 0 atom stereocenters. The lowest BCUT2D eigenvalue weighted by Crippen LogP contribution is -2.15. The fourth-order valence-electron chi connectivity index (χ4n) is 8.29. The highest BCUT2D eigenvalue weighted by Crippen LogP contribution is 2.55. The Kier molecular flexibility index (Phi) is 4.88. The van der Waals surface area contributed by atoms with Crippen LogP contribution in [0, 0.1) is 0 Å². The Morgan fingerprint density at radius 3 is 1.67 bits per heavy atom. The van der Waals surface area contributed by atoms with Crippen molar-refractivity contribution in [2.75, 3.05) is 0 Å². The van der Waals surface area contributed by atoms with E-state index in [1.54, 1.807) is 0 Å². The van der Waals surface area contributed by atoms with Gasteiger partial charge in [-0.3, -0.25) is 0 Å². The van der Waals surface area contributed by atoms with E-state index in [2.05, 4.69) is 159 Å². The van der Waals surface area contributed by atoms with Gasteiger partial charge in [-0.25, -0.2) is 0 Å². The van der Waals surface area contributed by atoms with Crippen molar-refractivity contribution in [1.29, 1.82) is 0 Å². The smallest absolute Gasteiger partial charge is 0.0159 e. The number of fused-ring (bicyclic) bond motifs is 5. The molecule has 210 valence electrons. The molecule has 0 nitrogen and oxygen atoms in total. The first kappa shape index (κ1) is 24.9. The number of benzene rings is 9. The maximum Gasteiger partial charge on any atom is 0.0159 e. The predicted molar refractivity (Wildman–Crippen MR) is 194 cm³/mol. The van der Waals surface area contributed by atoms with Crippen LogP contribution < -0.4 is 0 Å². The van der Waals surface area contributed by atoms with E-state index in [1.165, 1.54) is 98.4 Å². The highest BCUT2D eigenvalue weighted by molar-refractivity contribution is 6.23. The molecule has 0 saturated heterocycles. The Bertz CT molecular complexity index is 2600. The zero-order valence-corrected chi connectivity index (χ0v) is 25.4. The van der Waals surface area contributed by atoms with Crippen LogP contribution in [-0.4, -0.2) is 0 Å². The van der Waals surface area contributed by atoms with Gasteiger partial charge < -0.3 is 0 Å². The van der Waals surface area contributed by atoms with Gasteiger partial charge >= 0.3 is 0 Å². The summed E-state index contributed by atoms with van der Waals surface area (Å²) in [5.74, 6) is 0. The Morgan fingerprint density at radius 1 is 0.356 bits per heavy atom. The lowest BCUT2D eigenvalue weighted by Gasteiger charge is -2.23. The van der Waals surface area contributed by atoms with E-state index in [4.69, 9.17) is 0 Å². The van der Waals surface area contributed by atoms with Crippen molar-refractivity contribution in [3.8, 4) is 33.4 Å². The van der Waals surface area contributed by atoms with Crippen molar-refractivity contribution in [2.45, 2.75) is 19.3 Å². The molecule has 45 heavy (non-hydrogen) atoms. The minimum absolute atomic E-state index is 0.139. The molecule has 0 amide bonds. The summed E-state index contributed by atoms with van der Waals surface area (Å²) in [6, 6.07) is 54.8. The second-order valence-electron chi connectivity index (χ2n) is 13.4. The normalized spacial score (nSPS) is 13.7. The Labute approximate surface area is 262 Å². The van der Waals surface area contributed by atoms with E-state index in [9.17, 15) is 0 Å². The van der Waals surface area contributed by atoms with E-state index in [0.717, 1.165) is 0 Å². The van der Waals surface area contributed by atoms with E-state index in [-0.39, 0.29) is 5.41 Å². The van der Waals surface area contributed by atoms with Crippen LogP contribution in [0.4, 0.5) is 0 Å². The number of rotatable bonds is 2. The van der Waals surface area contributed by atoms with Gasteiger partial charge in [0.2, 0.25) is 0 Å². The molecule has 0 aliphatic heterocycles. The van der Waals surface area contributed by atoms with Crippen molar-refractivity contribution in [3.05, 3.63) is 157 Å². The summed E-state index contributed by atoms with van der Waals surface area (Å²) in [7, 11) is 0. The summed E-state index contributed by atoms with van der Waals surface area (Å²) < 4.78 is 0. The van der Waals surface area contributed by atoms with Gasteiger partial charge in [0.25, 0.3) is 0 Å². The van der Waals surface area contributed by atoms with Crippen LogP contribution in [-0.2, 0) is 5.41 Å². The van der Waals surface area contributed by atoms with Crippen molar-refractivity contribution in [1.82, 2.24) is 0 Å². The van der Waals surface area contributed by atoms with Crippen LogP contribution in [0.3, 0.4) is 0 Å². The Hall–Kier alpha value is -5.46. The summed E-state index contributed by atoms with van der Waals surface area (Å²) in [6.45, 7) is 4.81. The quantitative estimate of drug-likeness (QED) is 0.181. The molecule has 10 rings (SSSR count). The molecule has 0 bridgehead atoms. The average molecular weight is 571 g/mol. The predicted octanol–water partition coefficient (Wildman–Crippen LogP) is 12.5. The van der Waals surface area contributed by atoms with Crippen LogP contribution >= 0.6 is 0 Å². The first-order chi connectivity index (χ1) is 22.0. The van der Waals surface area contributed by atoms with E-state index < -0.39 is 0 Å². The fraction of sp³-hybridized carbons (Fsp3) is 0.0667. The van der Waals surface area contributed by atoms with Gasteiger partial charge in [0, 0.05) is 5.41 Å². The van der Waals surface area contributed by atoms with Crippen molar-refractivity contribution < 1.29 is 0 Å². The monoisotopic (exact) mass is 570 g/mol. The summed E-state index contributed by atoms with van der Waals surface area (Å²) >= 11 is 0. The van der Waals surface area contributed by atoms with Crippen molar-refractivity contribution >= 4 is 53.9 Å². The molecule has 1 aliphatic rings. The molecule has 0 unspecified atom stereocenters. The molecule has 0 fully saturated rings. The third-order valence-corrected chi connectivity index (χ3v) is 10.5. The SMILES string of the molecule is CC1(C)c2cc3ccccc3cc2-c2c(-c3cccc4ccccc34)cc(-c3cc4ccc5cccc6ccc(c3)c4c56)cc21. The topological polar surface area (TPSA) is 0 Å². The standard InChI is InChI=1S/C45H30/c1-45(2)40-25-31-11-4-3-10-30(31)23-39(40)44-38(37-16-8-12-27-9-5-6-15-36(27)37)24-35(26-41(44)45)34-21-32-19-17-28-13-7-14-29-18-20-33(22-34)43(32)42(28)29/h3-26H,1-2H3. The van der Waals surface area contributed by atoms with E-state index in [0.29, 0.717) is 0 Å². The van der Waals surface area contributed by atoms with Crippen molar-refractivity contribution in [3.63, 3.8) is 0 Å². The summed E-state index contributed by atoms with van der Waals surface area (Å²) in [5, 5.41) is 13.1. The zero-order valence-electron chi connectivity index (χ0n) is 25.4. The molecular formula is C45H30. The molecule has 1 aliphatic carbocycles. The van der Waals surface area contributed by atoms with Gasteiger partial charge in [-0.1, -0.05) is 123 Å². The van der Waals surface area contributed by atoms with Gasteiger partial charge in [-0.05, 0) is 135 Å². The molecule has 0 radical (unpaired) electrons. The molecule has 9 aromatic rings. The second kappa shape index (κ2) is 8.80. The third kappa shape index (κ3) is 3.43. The Morgan fingerprint density at radius 2 is 0.911 bits per heavy atom. The molecule has 0 spiro atoms. The molecule has 0 heteroatoms. The summed E-state index contributed by atoms with van der Waals surface area (Å²) in [4.78, 5) is 0. The minimum atomic E-state index is -0.139. The molecular weight excluding hydrogens is 540 g/mol. The molecule has 0 heterocycles. The van der Waals surface area contributed by atoms with Gasteiger partial charge in [-0.15, -0.1) is 0 Å². The van der Waals surface area contributed by atoms with Crippen LogP contribution in [0.5, 0.6) is 0 Å². The molecule has 9 aromatic carbocycles. The third-order valence-electron chi connectivity index (χ3n) is 10.5. The van der Waals surface area contributed by atoms with Gasteiger partial charge in [0.1, 0.15) is 0 Å². The maximum absolute atomic E-state index is 2.49. The minimum Gasteiger partial charge on any atom is -0.0616 e. The van der Waals surface area contributed by atoms with Crippen LogP contribution in [0.1, 0.15) is 25.0 Å². The van der Waals surface area contributed by atoms with Crippen LogP contribution in [0.2, 0.25) is 0 Å². The first-order valence-electron chi connectivity index (χ1n) is 15.9.